The first kappa shape index (κ1) is 11.3. The van der Waals surface area contributed by atoms with Gasteiger partial charge in [-0.25, -0.2) is 4.98 Å². The number of nitrogens with zero attached hydrogens (tertiary/aromatic N) is 4. The molecule has 0 spiro atoms. The van der Waals surface area contributed by atoms with Gasteiger partial charge in [-0.05, 0) is 0 Å². The van der Waals surface area contributed by atoms with E-state index in [1.807, 2.05) is 0 Å². The summed E-state index contributed by atoms with van der Waals surface area (Å²) in [6.07, 6.45) is 2.76. The van der Waals surface area contributed by atoms with E-state index < -0.39 is 11.9 Å². The van der Waals surface area contributed by atoms with Crippen LogP contribution in [0.4, 0.5) is 0 Å². The first-order chi connectivity index (χ1) is 8.00. The van der Waals surface area contributed by atoms with Crippen molar-refractivity contribution >= 4 is 16.9 Å². The molecule has 8 nitrogen and oxygen atoms in total. The molecule has 17 heavy (non-hydrogen) atoms. The summed E-state index contributed by atoms with van der Waals surface area (Å²) in [5.74, 6) is -0.664. The summed E-state index contributed by atoms with van der Waals surface area (Å²) in [6, 6.07) is -0.913. The molecule has 8 heteroatoms. The van der Waals surface area contributed by atoms with Crippen molar-refractivity contribution in [1.82, 2.24) is 19.3 Å². The van der Waals surface area contributed by atoms with Crippen molar-refractivity contribution in [2.45, 2.75) is 12.6 Å². The van der Waals surface area contributed by atoms with Gasteiger partial charge in [0.1, 0.15) is 17.8 Å². The lowest BCUT2D eigenvalue weighted by atomic mass is 10.3. The molecule has 0 aromatic carbocycles. The quantitative estimate of drug-likeness (QED) is 0.634. The number of hydrogen-bond acceptors (Lipinski definition) is 5. The van der Waals surface area contributed by atoms with Gasteiger partial charge in [-0.1, -0.05) is 0 Å². The zero-order valence-corrected chi connectivity index (χ0v) is 9.20. The lowest BCUT2D eigenvalue weighted by molar-refractivity contribution is -0.119. The Labute approximate surface area is 95.8 Å². The number of carbonyl (C=O) groups excluding carboxylic acids is 1. The maximum absolute atomic E-state index is 12.0. The van der Waals surface area contributed by atoms with Gasteiger partial charge >= 0.3 is 0 Å². The van der Waals surface area contributed by atoms with Crippen LogP contribution in [-0.2, 0) is 18.4 Å². The van der Waals surface area contributed by atoms with Crippen molar-refractivity contribution < 1.29 is 4.79 Å². The Hall–Kier alpha value is -2.22. The Kier molecular flexibility index (Phi) is 2.64. The van der Waals surface area contributed by atoms with Crippen molar-refractivity contribution in [3.05, 3.63) is 22.9 Å². The van der Waals surface area contributed by atoms with Crippen molar-refractivity contribution in [3.63, 3.8) is 0 Å². The van der Waals surface area contributed by atoms with Crippen molar-refractivity contribution in [3.8, 4) is 0 Å². The molecule has 1 unspecified atom stereocenters. The highest BCUT2D eigenvalue weighted by molar-refractivity contribution is 5.79. The summed E-state index contributed by atoms with van der Waals surface area (Å²) >= 11 is 0. The van der Waals surface area contributed by atoms with Gasteiger partial charge < -0.3 is 11.5 Å². The summed E-state index contributed by atoms with van der Waals surface area (Å²) in [4.78, 5) is 26.9. The molecule has 0 aliphatic carbocycles. The Morgan fingerprint density at radius 3 is 2.94 bits per heavy atom. The van der Waals surface area contributed by atoms with Crippen LogP contribution in [0.25, 0.3) is 11.0 Å². The number of aromatic nitrogens is 4. The average molecular weight is 236 g/mol. The highest BCUT2D eigenvalue weighted by Gasteiger charge is 2.13. The van der Waals surface area contributed by atoms with Crippen LogP contribution in [0.5, 0.6) is 0 Å². The number of carbonyl (C=O) groups is 1. The fourth-order valence-electron chi connectivity index (χ4n) is 1.50. The van der Waals surface area contributed by atoms with E-state index in [1.165, 1.54) is 21.8 Å². The van der Waals surface area contributed by atoms with Gasteiger partial charge in [-0.3, -0.25) is 18.8 Å². The van der Waals surface area contributed by atoms with Crippen LogP contribution >= 0.6 is 0 Å². The summed E-state index contributed by atoms with van der Waals surface area (Å²) < 4.78 is 2.74. The third-order valence-corrected chi connectivity index (χ3v) is 2.48. The molecule has 2 aromatic heterocycles. The summed E-state index contributed by atoms with van der Waals surface area (Å²) in [6.45, 7) is 0.00595. The number of primary amides is 1. The molecule has 0 bridgehead atoms. The predicted molar refractivity (Wildman–Crippen MR) is 59.9 cm³/mol. The molecular formula is C9H12N6O2. The number of hydrogen-bond donors (Lipinski definition) is 2. The topological polar surface area (TPSA) is 122 Å². The average Bonchev–Trinajstić information content (AvgIpc) is 2.65. The van der Waals surface area contributed by atoms with E-state index in [4.69, 9.17) is 11.5 Å². The normalized spacial score (nSPS) is 12.8. The molecule has 0 radical (unpaired) electrons. The maximum atomic E-state index is 12.0. The van der Waals surface area contributed by atoms with E-state index >= 15 is 0 Å². The van der Waals surface area contributed by atoms with Gasteiger partial charge in [0.2, 0.25) is 5.91 Å². The fourth-order valence-corrected chi connectivity index (χ4v) is 1.50. The van der Waals surface area contributed by atoms with E-state index in [2.05, 4.69) is 10.1 Å². The molecule has 2 heterocycles. The Morgan fingerprint density at radius 1 is 1.59 bits per heavy atom. The number of fused-ring (bicyclic) bond motifs is 1. The van der Waals surface area contributed by atoms with Crippen LogP contribution in [0.2, 0.25) is 0 Å². The van der Waals surface area contributed by atoms with E-state index in [0.29, 0.717) is 11.0 Å². The van der Waals surface area contributed by atoms with Crippen LogP contribution in [-0.4, -0.2) is 31.3 Å². The minimum atomic E-state index is -0.913. The molecule has 4 N–H and O–H groups in total. The lowest BCUT2D eigenvalue weighted by Crippen LogP contribution is -2.42. The zero-order chi connectivity index (χ0) is 12.6. The molecule has 0 saturated carbocycles. The van der Waals surface area contributed by atoms with Gasteiger partial charge in [0.15, 0.2) is 5.65 Å². The van der Waals surface area contributed by atoms with E-state index in [-0.39, 0.29) is 12.1 Å². The summed E-state index contributed by atoms with van der Waals surface area (Å²) in [5.41, 5.74) is 10.7. The monoisotopic (exact) mass is 236 g/mol. The van der Waals surface area contributed by atoms with E-state index in [0.717, 1.165) is 0 Å². The number of aryl methyl sites for hydroxylation is 1. The highest BCUT2D eigenvalue weighted by atomic mass is 16.1. The van der Waals surface area contributed by atoms with Gasteiger partial charge in [0.05, 0.1) is 12.7 Å². The van der Waals surface area contributed by atoms with Crippen LogP contribution in [0.15, 0.2) is 17.3 Å². The highest BCUT2D eigenvalue weighted by Crippen LogP contribution is 2.03. The van der Waals surface area contributed by atoms with Gasteiger partial charge in [0, 0.05) is 7.05 Å². The Bertz CT molecular complexity index is 628. The molecule has 0 aliphatic heterocycles. The largest absolute Gasteiger partial charge is 0.368 e. The minimum Gasteiger partial charge on any atom is -0.368 e. The summed E-state index contributed by atoms with van der Waals surface area (Å²) in [5, 5.41) is 4.31. The molecule has 0 saturated heterocycles. The second-order valence-corrected chi connectivity index (χ2v) is 3.72. The molecule has 2 aromatic rings. The third kappa shape index (κ3) is 1.89. The van der Waals surface area contributed by atoms with Gasteiger partial charge in [0.25, 0.3) is 5.56 Å². The maximum Gasteiger partial charge on any atom is 0.264 e. The summed E-state index contributed by atoms with van der Waals surface area (Å²) in [7, 11) is 1.69. The molecule has 0 fully saturated rings. The molecule has 2 rings (SSSR count). The number of rotatable bonds is 3. The van der Waals surface area contributed by atoms with Gasteiger partial charge in [-0.2, -0.15) is 5.10 Å². The first-order valence-corrected chi connectivity index (χ1v) is 4.92. The van der Waals surface area contributed by atoms with Crippen molar-refractivity contribution in [2.75, 3.05) is 0 Å². The molecule has 90 valence electrons. The van der Waals surface area contributed by atoms with Crippen LogP contribution in [0, 0.1) is 0 Å². The second-order valence-electron chi connectivity index (χ2n) is 3.72. The third-order valence-electron chi connectivity index (χ3n) is 2.48. The molecule has 0 aliphatic rings. The SMILES string of the molecule is Cn1ncc2c(=O)n(CC(N)C(N)=O)cnc21. The second kappa shape index (κ2) is 3.98. The zero-order valence-electron chi connectivity index (χ0n) is 9.20. The molecule has 1 atom stereocenters. The minimum absolute atomic E-state index is 0.00595. The molecular weight excluding hydrogens is 224 g/mol. The lowest BCUT2D eigenvalue weighted by Gasteiger charge is -2.09. The first-order valence-electron chi connectivity index (χ1n) is 4.92. The number of nitrogens with two attached hydrogens (primary N) is 2. The smallest absolute Gasteiger partial charge is 0.264 e. The van der Waals surface area contributed by atoms with Crippen LogP contribution in [0.1, 0.15) is 0 Å². The standard InChI is InChI=1S/C9H12N6O2/c1-14-8-5(2-13-14)9(17)15(4-12-8)3-6(10)7(11)16/h2,4,6H,3,10H2,1H3,(H2,11,16). The Balaban J connectivity index is 2.46. The molecule has 1 amide bonds. The van der Waals surface area contributed by atoms with Crippen LogP contribution < -0.4 is 17.0 Å². The number of amides is 1. The predicted octanol–water partition coefficient (Wildman–Crippen LogP) is -2.06. The van der Waals surface area contributed by atoms with E-state index in [9.17, 15) is 9.59 Å². The van der Waals surface area contributed by atoms with Crippen LogP contribution in [0.3, 0.4) is 0 Å². The van der Waals surface area contributed by atoms with Gasteiger partial charge in [-0.15, -0.1) is 0 Å². The van der Waals surface area contributed by atoms with Crippen molar-refractivity contribution in [2.24, 2.45) is 18.5 Å². The van der Waals surface area contributed by atoms with Crippen molar-refractivity contribution in [1.29, 1.82) is 0 Å². The fraction of sp³-hybridized carbons (Fsp3) is 0.333. The Morgan fingerprint density at radius 2 is 2.29 bits per heavy atom. The van der Waals surface area contributed by atoms with E-state index in [1.54, 1.807) is 7.05 Å².